The third-order valence-corrected chi connectivity index (χ3v) is 4.45. The van der Waals surface area contributed by atoms with Crippen LogP contribution in [-0.2, 0) is 16.2 Å². The summed E-state index contributed by atoms with van der Waals surface area (Å²) in [6, 6.07) is 8.48. The van der Waals surface area contributed by atoms with Gasteiger partial charge in [0.05, 0.1) is 27.2 Å². The second-order valence-corrected chi connectivity index (χ2v) is 6.31. The summed E-state index contributed by atoms with van der Waals surface area (Å²) >= 11 is 0. The molecule has 2 aromatic carbocycles. The molecule has 30 heavy (non-hydrogen) atoms. The SMILES string of the molecule is COc1ccc(COc2c(OC)ccc(C=CC(=O)O)c2C(C)C(=O)O)cc1OC. The van der Waals surface area contributed by atoms with E-state index >= 15 is 0 Å². The first-order valence-electron chi connectivity index (χ1n) is 9.00. The number of aliphatic carboxylic acids is 2. The maximum atomic E-state index is 11.7. The Bertz CT molecular complexity index is 948. The van der Waals surface area contributed by atoms with Gasteiger partial charge in [-0.15, -0.1) is 0 Å². The lowest BCUT2D eigenvalue weighted by atomic mass is 9.93. The average molecular weight is 416 g/mol. The molecule has 0 aliphatic carbocycles. The van der Waals surface area contributed by atoms with Crippen molar-refractivity contribution in [1.82, 2.24) is 0 Å². The molecule has 160 valence electrons. The summed E-state index contributed by atoms with van der Waals surface area (Å²) in [6.45, 7) is 1.60. The van der Waals surface area contributed by atoms with Crippen molar-refractivity contribution in [1.29, 1.82) is 0 Å². The van der Waals surface area contributed by atoms with Gasteiger partial charge in [-0.05, 0) is 42.3 Å². The molecule has 0 radical (unpaired) electrons. The van der Waals surface area contributed by atoms with Gasteiger partial charge >= 0.3 is 11.9 Å². The summed E-state index contributed by atoms with van der Waals surface area (Å²) in [5.74, 6) is -1.52. The van der Waals surface area contributed by atoms with E-state index in [0.717, 1.165) is 11.6 Å². The molecule has 0 aromatic heterocycles. The van der Waals surface area contributed by atoms with Crippen LogP contribution in [0.25, 0.3) is 6.08 Å². The second-order valence-electron chi connectivity index (χ2n) is 6.31. The number of hydrogen-bond acceptors (Lipinski definition) is 6. The molecule has 2 N–H and O–H groups in total. The molecular weight excluding hydrogens is 392 g/mol. The minimum absolute atomic E-state index is 0.0994. The number of carboxylic acids is 2. The maximum Gasteiger partial charge on any atom is 0.328 e. The number of carbonyl (C=O) groups is 2. The predicted molar refractivity (Wildman–Crippen MR) is 110 cm³/mol. The van der Waals surface area contributed by atoms with Crippen LogP contribution < -0.4 is 18.9 Å². The predicted octanol–water partition coefficient (Wildman–Crippen LogP) is 3.58. The first-order chi connectivity index (χ1) is 14.3. The van der Waals surface area contributed by atoms with Crippen molar-refractivity contribution in [2.24, 2.45) is 0 Å². The molecule has 0 amide bonds. The highest BCUT2D eigenvalue weighted by Gasteiger charge is 2.25. The summed E-state index contributed by atoms with van der Waals surface area (Å²) in [7, 11) is 4.51. The van der Waals surface area contributed by atoms with E-state index < -0.39 is 17.9 Å². The molecule has 8 nitrogen and oxygen atoms in total. The van der Waals surface area contributed by atoms with Gasteiger partial charge in [0.25, 0.3) is 0 Å². The van der Waals surface area contributed by atoms with Crippen LogP contribution in [-0.4, -0.2) is 43.5 Å². The number of methoxy groups -OCH3 is 3. The Morgan fingerprint density at radius 2 is 1.60 bits per heavy atom. The van der Waals surface area contributed by atoms with Gasteiger partial charge in [0, 0.05) is 11.6 Å². The molecule has 2 aromatic rings. The lowest BCUT2D eigenvalue weighted by Crippen LogP contribution is -2.12. The van der Waals surface area contributed by atoms with Crippen LogP contribution >= 0.6 is 0 Å². The first kappa shape index (κ1) is 22.6. The minimum Gasteiger partial charge on any atom is -0.493 e. The molecule has 0 saturated heterocycles. The molecular formula is C22H24O8. The number of benzene rings is 2. The lowest BCUT2D eigenvalue weighted by molar-refractivity contribution is -0.138. The quantitative estimate of drug-likeness (QED) is 0.566. The van der Waals surface area contributed by atoms with E-state index in [4.69, 9.17) is 24.1 Å². The van der Waals surface area contributed by atoms with Crippen LogP contribution in [0.3, 0.4) is 0 Å². The van der Waals surface area contributed by atoms with Gasteiger partial charge in [0.15, 0.2) is 23.0 Å². The van der Waals surface area contributed by atoms with Crippen LogP contribution in [0.2, 0.25) is 0 Å². The number of carboxylic acid groups (broad SMARTS) is 2. The van der Waals surface area contributed by atoms with E-state index in [9.17, 15) is 14.7 Å². The highest BCUT2D eigenvalue weighted by atomic mass is 16.5. The van der Waals surface area contributed by atoms with E-state index in [1.807, 2.05) is 0 Å². The van der Waals surface area contributed by atoms with Crippen molar-refractivity contribution < 1.29 is 38.7 Å². The Morgan fingerprint density at radius 3 is 2.17 bits per heavy atom. The van der Waals surface area contributed by atoms with Gasteiger partial charge < -0.3 is 29.2 Å². The molecule has 2 rings (SSSR count). The molecule has 0 saturated carbocycles. The number of rotatable bonds is 10. The molecule has 1 unspecified atom stereocenters. The summed E-state index contributed by atoms with van der Waals surface area (Å²) < 4.78 is 21.9. The van der Waals surface area contributed by atoms with Crippen molar-refractivity contribution in [3.63, 3.8) is 0 Å². The Hall–Kier alpha value is -3.68. The van der Waals surface area contributed by atoms with Gasteiger partial charge in [0.1, 0.15) is 6.61 Å². The van der Waals surface area contributed by atoms with Crippen LogP contribution in [0, 0.1) is 0 Å². The summed E-state index contributed by atoms with van der Waals surface area (Å²) in [5.41, 5.74) is 1.49. The highest BCUT2D eigenvalue weighted by molar-refractivity contribution is 5.87. The fraction of sp³-hybridized carbons (Fsp3) is 0.273. The van der Waals surface area contributed by atoms with Crippen LogP contribution in [0.1, 0.15) is 29.5 Å². The van der Waals surface area contributed by atoms with Gasteiger partial charge in [-0.2, -0.15) is 0 Å². The van der Waals surface area contributed by atoms with Gasteiger partial charge in [-0.1, -0.05) is 12.1 Å². The molecule has 0 fully saturated rings. The molecule has 8 heteroatoms. The highest BCUT2D eigenvalue weighted by Crippen LogP contribution is 2.40. The summed E-state index contributed by atoms with van der Waals surface area (Å²) in [6.07, 6.45) is 2.28. The van der Waals surface area contributed by atoms with Gasteiger partial charge in [-0.3, -0.25) is 4.79 Å². The molecule has 0 bridgehead atoms. The molecule has 0 spiro atoms. The van der Waals surface area contributed by atoms with Gasteiger partial charge in [-0.25, -0.2) is 4.79 Å². The fourth-order valence-electron chi connectivity index (χ4n) is 2.91. The topological polar surface area (TPSA) is 112 Å². The largest absolute Gasteiger partial charge is 0.493 e. The monoisotopic (exact) mass is 416 g/mol. The standard InChI is InChI=1S/C22H24O8/c1-13(22(25)26)20-15(7-10-19(23)24)6-9-17(28-3)21(20)30-12-14-5-8-16(27-2)18(11-14)29-4/h5-11,13H,12H2,1-4H3,(H,23,24)(H,25,26). The molecule has 1 atom stereocenters. The zero-order chi connectivity index (χ0) is 22.3. The van der Waals surface area contributed by atoms with Crippen LogP contribution in [0.4, 0.5) is 0 Å². The second kappa shape index (κ2) is 10.2. The Kier molecular flexibility index (Phi) is 7.69. The van der Waals surface area contributed by atoms with Gasteiger partial charge in [0.2, 0.25) is 0 Å². The van der Waals surface area contributed by atoms with Crippen molar-refractivity contribution in [2.75, 3.05) is 21.3 Å². The number of hydrogen-bond donors (Lipinski definition) is 2. The Morgan fingerprint density at radius 1 is 0.967 bits per heavy atom. The van der Waals surface area contributed by atoms with Crippen molar-refractivity contribution in [3.05, 3.63) is 53.1 Å². The first-order valence-corrected chi connectivity index (χ1v) is 9.00. The third-order valence-electron chi connectivity index (χ3n) is 4.45. The summed E-state index contributed by atoms with van der Waals surface area (Å²) in [4.78, 5) is 22.6. The van der Waals surface area contributed by atoms with Crippen molar-refractivity contribution >= 4 is 18.0 Å². The maximum absolute atomic E-state index is 11.7. The average Bonchev–Trinajstić information content (AvgIpc) is 2.74. The normalized spacial score (nSPS) is 11.7. The molecule has 0 aliphatic heterocycles. The zero-order valence-electron chi connectivity index (χ0n) is 17.2. The van der Waals surface area contributed by atoms with Crippen LogP contribution in [0.5, 0.6) is 23.0 Å². The van der Waals surface area contributed by atoms with E-state index in [-0.39, 0.29) is 12.4 Å². The van der Waals surface area contributed by atoms with Crippen LogP contribution in [0.15, 0.2) is 36.4 Å². The van der Waals surface area contributed by atoms with Crippen molar-refractivity contribution in [2.45, 2.75) is 19.4 Å². The Labute approximate surface area is 174 Å². The zero-order valence-corrected chi connectivity index (χ0v) is 17.2. The summed E-state index contributed by atoms with van der Waals surface area (Å²) in [5, 5.41) is 18.5. The third kappa shape index (κ3) is 5.22. The Balaban J connectivity index is 2.50. The van der Waals surface area contributed by atoms with E-state index in [0.29, 0.717) is 28.4 Å². The smallest absolute Gasteiger partial charge is 0.328 e. The minimum atomic E-state index is -1.15. The molecule has 0 heterocycles. The lowest BCUT2D eigenvalue weighted by Gasteiger charge is -2.20. The number of ether oxygens (including phenoxy) is 4. The van der Waals surface area contributed by atoms with E-state index in [1.54, 1.807) is 30.3 Å². The molecule has 0 aliphatic rings. The fourth-order valence-corrected chi connectivity index (χ4v) is 2.91. The van der Waals surface area contributed by atoms with Crippen molar-refractivity contribution in [3.8, 4) is 23.0 Å². The van der Waals surface area contributed by atoms with E-state index in [1.165, 1.54) is 34.3 Å². The van der Waals surface area contributed by atoms with E-state index in [2.05, 4.69) is 0 Å².